The van der Waals surface area contributed by atoms with Gasteiger partial charge in [0.1, 0.15) is 0 Å². The van der Waals surface area contributed by atoms with Gasteiger partial charge in [-0.15, -0.1) is 0 Å². The zero-order valence-electron chi connectivity index (χ0n) is 11.7. The number of nitrogens with one attached hydrogen (secondary N) is 1. The van der Waals surface area contributed by atoms with Crippen LogP contribution in [0.2, 0.25) is 0 Å². The molecule has 0 spiro atoms. The summed E-state index contributed by atoms with van der Waals surface area (Å²) in [6.07, 6.45) is 2.42. The lowest BCUT2D eigenvalue weighted by Gasteiger charge is -2.11. The lowest BCUT2D eigenvalue weighted by molar-refractivity contribution is -0.385. The Morgan fingerprint density at radius 3 is 2.86 bits per heavy atom. The second kappa shape index (κ2) is 7.03. The minimum Gasteiger partial charge on any atom is -0.486 e. The normalized spacial score (nSPS) is 15.3. The van der Waals surface area contributed by atoms with Crippen LogP contribution >= 0.6 is 0 Å². The van der Waals surface area contributed by atoms with E-state index in [0.717, 1.165) is 12.8 Å². The minimum absolute atomic E-state index is 0.0186. The molecule has 1 atom stereocenters. The number of nitrogens with two attached hydrogens (primary N) is 1. The average Bonchev–Trinajstić information content (AvgIpc) is 3.29. The van der Waals surface area contributed by atoms with Crippen LogP contribution in [-0.4, -0.2) is 30.0 Å². The van der Waals surface area contributed by atoms with Crippen LogP contribution in [0.3, 0.4) is 0 Å². The number of ether oxygens (including phenoxy) is 1. The first kappa shape index (κ1) is 15.2. The van der Waals surface area contributed by atoms with Crippen molar-refractivity contribution >= 4 is 11.6 Å². The Balaban J connectivity index is 1.71. The maximum absolute atomic E-state index is 11.6. The molecule has 0 aliphatic heterocycles. The highest BCUT2D eigenvalue weighted by molar-refractivity contribution is 5.76. The average molecular weight is 293 g/mol. The molecular formula is C14H19N3O4. The molecule has 7 nitrogen and oxygen atoms in total. The second-order valence-electron chi connectivity index (χ2n) is 5.13. The Hall–Kier alpha value is -2.15. The number of para-hydroxylation sites is 2. The van der Waals surface area contributed by atoms with Crippen LogP contribution in [0.4, 0.5) is 5.69 Å². The molecule has 1 aliphatic rings. The molecular weight excluding hydrogens is 274 g/mol. The van der Waals surface area contributed by atoms with Crippen LogP contribution in [0.5, 0.6) is 5.75 Å². The lowest BCUT2D eigenvalue weighted by atomic mass is 10.2. The van der Waals surface area contributed by atoms with E-state index in [-0.39, 0.29) is 36.4 Å². The van der Waals surface area contributed by atoms with Gasteiger partial charge in [0.05, 0.1) is 18.0 Å². The van der Waals surface area contributed by atoms with Crippen molar-refractivity contribution in [2.45, 2.75) is 25.3 Å². The zero-order valence-corrected chi connectivity index (χ0v) is 11.7. The van der Waals surface area contributed by atoms with Crippen molar-refractivity contribution in [3.63, 3.8) is 0 Å². The van der Waals surface area contributed by atoms with E-state index in [9.17, 15) is 14.9 Å². The van der Waals surface area contributed by atoms with Gasteiger partial charge in [0.2, 0.25) is 5.91 Å². The van der Waals surface area contributed by atoms with E-state index in [1.807, 2.05) is 0 Å². The van der Waals surface area contributed by atoms with Crippen molar-refractivity contribution in [3.8, 4) is 5.75 Å². The molecule has 1 aromatic rings. The Bertz CT molecular complexity index is 517. The van der Waals surface area contributed by atoms with E-state index in [2.05, 4.69) is 5.32 Å². The molecule has 1 amide bonds. The SMILES string of the molecule is NC(CNC(=O)CCOc1ccccc1[N+](=O)[O-])C1CC1. The van der Waals surface area contributed by atoms with E-state index >= 15 is 0 Å². The summed E-state index contributed by atoms with van der Waals surface area (Å²) >= 11 is 0. The summed E-state index contributed by atoms with van der Waals surface area (Å²) < 4.78 is 5.30. The number of nitrogens with zero attached hydrogens (tertiary/aromatic N) is 1. The smallest absolute Gasteiger partial charge is 0.310 e. The third kappa shape index (κ3) is 4.71. The van der Waals surface area contributed by atoms with E-state index in [0.29, 0.717) is 12.5 Å². The number of amides is 1. The summed E-state index contributed by atoms with van der Waals surface area (Å²) in [6.45, 7) is 0.560. The topological polar surface area (TPSA) is 107 Å². The molecule has 21 heavy (non-hydrogen) atoms. The number of carbonyl (C=O) groups is 1. The van der Waals surface area contributed by atoms with Crippen LogP contribution < -0.4 is 15.8 Å². The molecule has 2 rings (SSSR count). The van der Waals surface area contributed by atoms with E-state index in [1.165, 1.54) is 12.1 Å². The summed E-state index contributed by atoms with van der Waals surface area (Å²) in [5.41, 5.74) is 5.78. The van der Waals surface area contributed by atoms with Gasteiger partial charge in [-0.2, -0.15) is 0 Å². The Kier molecular flexibility index (Phi) is 5.10. The number of nitro benzene ring substituents is 1. The number of hydrogen-bond acceptors (Lipinski definition) is 5. The van der Waals surface area contributed by atoms with Gasteiger partial charge in [-0.25, -0.2) is 0 Å². The first-order valence-electron chi connectivity index (χ1n) is 6.96. The molecule has 0 aromatic heterocycles. The maximum Gasteiger partial charge on any atom is 0.310 e. The van der Waals surface area contributed by atoms with Crippen LogP contribution in [0.15, 0.2) is 24.3 Å². The number of hydrogen-bond donors (Lipinski definition) is 2. The third-order valence-corrected chi connectivity index (χ3v) is 3.41. The first-order valence-corrected chi connectivity index (χ1v) is 6.96. The zero-order chi connectivity index (χ0) is 15.2. The highest BCUT2D eigenvalue weighted by Crippen LogP contribution is 2.31. The van der Waals surface area contributed by atoms with Crippen molar-refractivity contribution in [2.75, 3.05) is 13.2 Å². The Labute approximate surface area is 122 Å². The molecule has 7 heteroatoms. The van der Waals surface area contributed by atoms with E-state index < -0.39 is 4.92 Å². The van der Waals surface area contributed by atoms with Gasteiger partial charge in [-0.05, 0) is 24.8 Å². The third-order valence-electron chi connectivity index (χ3n) is 3.41. The van der Waals surface area contributed by atoms with Crippen molar-refractivity contribution in [2.24, 2.45) is 11.7 Å². The lowest BCUT2D eigenvalue weighted by Crippen LogP contribution is -2.38. The molecule has 0 bridgehead atoms. The van der Waals surface area contributed by atoms with Crippen LogP contribution in [-0.2, 0) is 4.79 Å². The molecule has 114 valence electrons. The monoisotopic (exact) mass is 293 g/mol. The van der Waals surface area contributed by atoms with Gasteiger partial charge in [0, 0.05) is 18.7 Å². The predicted molar refractivity (Wildman–Crippen MR) is 76.9 cm³/mol. The van der Waals surface area contributed by atoms with Crippen LogP contribution in [0, 0.1) is 16.0 Å². The number of carbonyl (C=O) groups excluding carboxylic acids is 1. The summed E-state index contributed by atoms with van der Waals surface area (Å²) in [6, 6.07) is 6.11. The van der Waals surface area contributed by atoms with Gasteiger partial charge < -0.3 is 15.8 Å². The fraction of sp³-hybridized carbons (Fsp3) is 0.500. The molecule has 0 radical (unpaired) electrons. The number of benzene rings is 1. The van der Waals surface area contributed by atoms with Crippen molar-refractivity contribution in [3.05, 3.63) is 34.4 Å². The number of nitro groups is 1. The predicted octanol–water partition coefficient (Wildman–Crippen LogP) is 1.22. The molecule has 0 saturated heterocycles. The van der Waals surface area contributed by atoms with Gasteiger partial charge in [0.15, 0.2) is 5.75 Å². The van der Waals surface area contributed by atoms with Gasteiger partial charge in [-0.1, -0.05) is 12.1 Å². The van der Waals surface area contributed by atoms with E-state index in [4.69, 9.17) is 10.5 Å². The number of rotatable bonds is 8. The van der Waals surface area contributed by atoms with E-state index in [1.54, 1.807) is 12.1 Å². The van der Waals surface area contributed by atoms with Crippen molar-refractivity contribution < 1.29 is 14.5 Å². The first-order chi connectivity index (χ1) is 10.1. The fourth-order valence-electron chi connectivity index (χ4n) is 1.99. The summed E-state index contributed by atoms with van der Waals surface area (Å²) in [5.74, 6) is 0.545. The standard InChI is InChI=1S/C14H19N3O4/c15-11(10-5-6-10)9-16-14(18)7-8-21-13-4-2-1-3-12(13)17(19)20/h1-4,10-11H,5-9,15H2,(H,16,18). The molecule has 1 saturated carbocycles. The highest BCUT2D eigenvalue weighted by atomic mass is 16.6. The Morgan fingerprint density at radius 1 is 1.48 bits per heavy atom. The molecule has 1 aromatic carbocycles. The van der Waals surface area contributed by atoms with Gasteiger partial charge in [-0.3, -0.25) is 14.9 Å². The summed E-state index contributed by atoms with van der Waals surface area (Å²) in [4.78, 5) is 21.9. The second-order valence-corrected chi connectivity index (χ2v) is 5.13. The van der Waals surface area contributed by atoms with Gasteiger partial charge >= 0.3 is 5.69 Å². The van der Waals surface area contributed by atoms with Crippen LogP contribution in [0.1, 0.15) is 19.3 Å². The highest BCUT2D eigenvalue weighted by Gasteiger charge is 2.28. The summed E-state index contributed by atoms with van der Waals surface area (Å²) in [5, 5.41) is 13.5. The molecule has 1 fully saturated rings. The quantitative estimate of drug-likeness (QED) is 0.553. The molecule has 1 aliphatic carbocycles. The van der Waals surface area contributed by atoms with Crippen molar-refractivity contribution in [1.29, 1.82) is 0 Å². The molecule has 1 unspecified atom stereocenters. The van der Waals surface area contributed by atoms with Crippen LogP contribution in [0.25, 0.3) is 0 Å². The minimum atomic E-state index is -0.510. The largest absolute Gasteiger partial charge is 0.486 e. The fourth-order valence-corrected chi connectivity index (χ4v) is 1.99. The summed E-state index contributed by atoms with van der Waals surface area (Å²) in [7, 11) is 0. The van der Waals surface area contributed by atoms with Crippen molar-refractivity contribution in [1.82, 2.24) is 5.32 Å². The molecule has 0 heterocycles. The molecule has 3 N–H and O–H groups in total. The maximum atomic E-state index is 11.6. The van der Waals surface area contributed by atoms with Gasteiger partial charge in [0.25, 0.3) is 0 Å². The Morgan fingerprint density at radius 2 is 2.19 bits per heavy atom.